The van der Waals surface area contributed by atoms with Gasteiger partial charge in [-0.25, -0.2) is 8.42 Å². The van der Waals surface area contributed by atoms with Crippen LogP contribution in [0.25, 0.3) is 0 Å². The number of unbranched alkanes of at least 4 members (excludes halogenated alkanes) is 11. The molecular formula is C20H41NaO4S. The summed E-state index contributed by atoms with van der Waals surface area (Å²) < 4.78 is 32.3. The van der Waals surface area contributed by atoms with Crippen LogP contribution in [-0.4, -0.2) is 29.4 Å². The van der Waals surface area contributed by atoms with Crippen LogP contribution in [0.5, 0.6) is 0 Å². The van der Waals surface area contributed by atoms with Gasteiger partial charge < -0.3 is 9.66 Å². The van der Waals surface area contributed by atoms with Crippen LogP contribution < -0.4 is 29.6 Å². The van der Waals surface area contributed by atoms with Gasteiger partial charge in [0.2, 0.25) is 0 Å². The van der Waals surface area contributed by atoms with Crippen molar-refractivity contribution in [3.05, 3.63) is 0 Å². The molecule has 0 rings (SSSR count). The number of aliphatic hydroxyl groups is 1. The van der Waals surface area contributed by atoms with Crippen LogP contribution >= 0.6 is 0 Å². The second-order valence-corrected chi connectivity index (χ2v) is 9.36. The molecule has 0 fully saturated rings. The van der Waals surface area contributed by atoms with Crippen LogP contribution in [0.1, 0.15) is 117 Å². The predicted octanol–water partition coefficient (Wildman–Crippen LogP) is 2.55. The Hall–Kier alpha value is 0.870. The standard InChI is InChI=1S/C20H42O4S.Na/c1-3-16-20(21)18-15-13-11-9-7-5-4-6-8-10-12-14-17-19(2)25(22,23)24;/h19-21H,3-18H2,1-2H3,(H,22,23,24);/q;+1/p-1. The van der Waals surface area contributed by atoms with Gasteiger partial charge in [-0.2, -0.15) is 0 Å². The van der Waals surface area contributed by atoms with E-state index in [0.29, 0.717) is 6.42 Å². The van der Waals surface area contributed by atoms with Crippen LogP contribution in [0.15, 0.2) is 0 Å². The maximum absolute atomic E-state index is 10.8. The number of hydrogen-bond acceptors (Lipinski definition) is 4. The third-order valence-electron chi connectivity index (χ3n) is 5.01. The molecule has 0 amide bonds. The second kappa shape index (κ2) is 19.2. The average Bonchev–Trinajstić information content (AvgIpc) is 2.54. The first-order valence-corrected chi connectivity index (χ1v) is 12.0. The Balaban J connectivity index is 0. The molecule has 26 heavy (non-hydrogen) atoms. The Bertz CT molecular complexity index is 387. The minimum Gasteiger partial charge on any atom is -0.748 e. The maximum Gasteiger partial charge on any atom is 1.00 e. The van der Waals surface area contributed by atoms with Crippen LogP contribution in [0.2, 0.25) is 0 Å². The summed E-state index contributed by atoms with van der Waals surface area (Å²) in [7, 11) is -4.09. The molecule has 2 unspecified atom stereocenters. The van der Waals surface area contributed by atoms with E-state index in [-0.39, 0.29) is 35.7 Å². The first kappa shape index (κ1) is 29.1. The van der Waals surface area contributed by atoms with Crippen LogP contribution in [0.4, 0.5) is 0 Å². The zero-order chi connectivity index (χ0) is 19.0. The molecule has 0 spiro atoms. The van der Waals surface area contributed by atoms with Crippen LogP contribution in [-0.2, 0) is 10.1 Å². The van der Waals surface area contributed by atoms with Gasteiger partial charge in [0.15, 0.2) is 0 Å². The van der Waals surface area contributed by atoms with Gasteiger partial charge in [-0.15, -0.1) is 0 Å². The van der Waals surface area contributed by atoms with E-state index in [2.05, 4.69) is 6.92 Å². The molecule has 1 N–H and O–H groups in total. The molecule has 0 heterocycles. The molecule has 2 atom stereocenters. The molecule has 0 aliphatic heterocycles. The molecule has 0 aliphatic rings. The number of aliphatic hydroxyl groups excluding tert-OH is 1. The van der Waals surface area contributed by atoms with Gasteiger partial charge in [-0.3, -0.25) is 0 Å². The number of hydrogen-bond donors (Lipinski definition) is 1. The van der Waals surface area contributed by atoms with E-state index < -0.39 is 15.4 Å². The van der Waals surface area contributed by atoms with Crippen LogP contribution in [0, 0.1) is 0 Å². The Morgan fingerprint density at radius 3 is 1.42 bits per heavy atom. The first-order valence-electron chi connectivity index (χ1n) is 10.5. The molecule has 0 aromatic heterocycles. The van der Waals surface area contributed by atoms with Crippen molar-refractivity contribution in [2.24, 2.45) is 0 Å². The summed E-state index contributed by atoms with van der Waals surface area (Å²) in [5.41, 5.74) is 0. The minimum absolute atomic E-state index is 0. The molecule has 0 radical (unpaired) electrons. The summed E-state index contributed by atoms with van der Waals surface area (Å²) >= 11 is 0. The van der Waals surface area contributed by atoms with Crippen molar-refractivity contribution >= 4 is 10.1 Å². The fraction of sp³-hybridized carbons (Fsp3) is 1.00. The summed E-state index contributed by atoms with van der Waals surface area (Å²) in [6.07, 6.45) is 17.8. The van der Waals surface area contributed by atoms with Crippen molar-refractivity contribution in [2.75, 3.05) is 0 Å². The van der Waals surface area contributed by atoms with Crippen molar-refractivity contribution in [1.82, 2.24) is 0 Å². The van der Waals surface area contributed by atoms with Crippen molar-refractivity contribution < 1.29 is 47.6 Å². The van der Waals surface area contributed by atoms with Gasteiger partial charge >= 0.3 is 29.6 Å². The normalized spacial score (nSPS) is 14.0. The smallest absolute Gasteiger partial charge is 0.748 e. The van der Waals surface area contributed by atoms with Crippen LogP contribution in [0.3, 0.4) is 0 Å². The molecule has 4 nitrogen and oxygen atoms in total. The van der Waals surface area contributed by atoms with E-state index in [0.717, 1.165) is 44.9 Å². The monoisotopic (exact) mass is 400 g/mol. The van der Waals surface area contributed by atoms with E-state index in [1.165, 1.54) is 58.3 Å². The first-order chi connectivity index (χ1) is 11.9. The molecule has 0 saturated carbocycles. The van der Waals surface area contributed by atoms with Gasteiger partial charge in [-0.1, -0.05) is 90.4 Å². The quantitative estimate of drug-likeness (QED) is 0.218. The third-order valence-corrected chi connectivity index (χ3v) is 6.23. The SMILES string of the molecule is CCCC(O)CCCCCCCCCCCCCCC(C)S(=O)(=O)[O-].[Na+]. The largest absolute Gasteiger partial charge is 1.00 e. The zero-order valence-corrected chi connectivity index (χ0v) is 20.4. The van der Waals surface area contributed by atoms with Gasteiger partial charge in [0.1, 0.15) is 0 Å². The molecule has 0 bridgehead atoms. The fourth-order valence-electron chi connectivity index (χ4n) is 3.20. The maximum atomic E-state index is 10.8. The summed E-state index contributed by atoms with van der Waals surface area (Å²) in [6.45, 7) is 3.63. The summed E-state index contributed by atoms with van der Waals surface area (Å²) in [4.78, 5) is 0. The molecule has 6 heteroatoms. The summed E-state index contributed by atoms with van der Waals surface area (Å²) in [5.74, 6) is 0. The summed E-state index contributed by atoms with van der Waals surface area (Å²) in [6, 6.07) is 0. The Morgan fingerprint density at radius 2 is 1.08 bits per heavy atom. The van der Waals surface area contributed by atoms with Gasteiger partial charge in [0.25, 0.3) is 0 Å². The Morgan fingerprint density at radius 1 is 0.731 bits per heavy atom. The molecular weight excluding hydrogens is 359 g/mol. The van der Waals surface area contributed by atoms with E-state index in [9.17, 15) is 18.1 Å². The molecule has 152 valence electrons. The van der Waals surface area contributed by atoms with E-state index in [1.807, 2.05) is 0 Å². The number of rotatable bonds is 18. The van der Waals surface area contributed by atoms with Gasteiger partial charge in [0.05, 0.1) is 16.2 Å². The minimum atomic E-state index is -4.09. The van der Waals surface area contributed by atoms with Crippen molar-refractivity contribution in [3.63, 3.8) is 0 Å². The Labute approximate surface area is 185 Å². The fourth-order valence-corrected chi connectivity index (χ4v) is 3.66. The molecule has 0 aliphatic carbocycles. The Kier molecular flexibility index (Phi) is 21.5. The van der Waals surface area contributed by atoms with E-state index in [4.69, 9.17) is 0 Å². The van der Waals surface area contributed by atoms with Crippen molar-refractivity contribution in [1.29, 1.82) is 0 Å². The van der Waals surface area contributed by atoms with Gasteiger partial charge in [0, 0.05) is 5.25 Å². The topological polar surface area (TPSA) is 77.4 Å². The third kappa shape index (κ3) is 19.6. The van der Waals surface area contributed by atoms with Crippen molar-refractivity contribution in [3.8, 4) is 0 Å². The van der Waals surface area contributed by atoms with Gasteiger partial charge in [-0.05, 0) is 26.2 Å². The van der Waals surface area contributed by atoms with E-state index >= 15 is 0 Å². The molecule has 0 aromatic carbocycles. The predicted molar refractivity (Wildman–Crippen MR) is 105 cm³/mol. The molecule has 0 saturated heterocycles. The molecule has 0 aromatic rings. The van der Waals surface area contributed by atoms with Crippen molar-refractivity contribution in [2.45, 2.75) is 128 Å². The zero-order valence-electron chi connectivity index (χ0n) is 17.5. The summed E-state index contributed by atoms with van der Waals surface area (Å²) in [5, 5.41) is 8.91. The van der Waals surface area contributed by atoms with E-state index in [1.54, 1.807) is 0 Å². The second-order valence-electron chi connectivity index (χ2n) is 7.57. The average molecular weight is 401 g/mol.